The highest BCUT2D eigenvalue weighted by atomic mass is 32.2. The van der Waals surface area contributed by atoms with Gasteiger partial charge in [-0.25, -0.2) is 0 Å². The van der Waals surface area contributed by atoms with Gasteiger partial charge in [-0.2, -0.15) is 0 Å². The molecule has 0 spiro atoms. The van der Waals surface area contributed by atoms with E-state index < -0.39 is 0 Å². The zero-order chi connectivity index (χ0) is 13.7. The van der Waals surface area contributed by atoms with Gasteiger partial charge in [-0.3, -0.25) is 9.59 Å². The lowest BCUT2D eigenvalue weighted by Crippen LogP contribution is -2.47. The van der Waals surface area contributed by atoms with E-state index in [4.69, 9.17) is 0 Å². The summed E-state index contributed by atoms with van der Waals surface area (Å²) in [5, 5.41) is 0. The summed E-state index contributed by atoms with van der Waals surface area (Å²) in [4.78, 5) is 27.8. The minimum atomic E-state index is 0.176. The molecule has 1 aromatic rings. The van der Waals surface area contributed by atoms with Crippen LogP contribution >= 0.6 is 11.8 Å². The molecule has 0 N–H and O–H groups in total. The fraction of sp³-hybridized carbons (Fsp3) is 0.429. The van der Waals surface area contributed by atoms with Gasteiger partial charge in [-0.15, -0.1) is 11.8 Å². The van der Waals surface area contributed by atoms with Crippen LogP contribution in [-0.4, -0.2) is 61.0 Å². The van der Waals surface area contributed by atoms with Crippen molar-refractivity contribution in [1.29, 1.82) is 0 Å². The fourth-order valence-electron chi connectivity index (χ4n) is 1.97. The first-order valence-corrected chi connectivity index (χ1v) is 7.32. The van der Waals surface area contributed by atoms with Crippen LogP contribution in [0.3, 0.4) is 0 Å². The third kappa shape index (κ3) is 4.08. The smallest absolute Gasteiger partial charge is 0.233 e. The van der Waals surface area contributed by atoms with Gasteiger partial charge < -0.3 is 9.80 Å². The van der Waals surface area contributed by atoms with Gasteiger partial charge in [0.2, 0.25) is 5.91 Å². The molecule has 1 amide bonds. The number of piperazine rings is 1. The van der Waals surface area contributed by atoms with Crippen LogP contribution in [0.5, 0.6) is 0 Å². The second kappa shape index (κ2) is 6.73. The van der Waals surface area contributed by atoms with E-state index in [1.165, 1.54) is 11.8 Å². The van der Waals surface area contributed by atoms with Gasteiger partial charge in [-0.05, 0) is 19.2 Å². The van der Waals surface area contributed by atoms with Crippen LogP contribution in [0.4, 0.5) is 0 Å². The van der Waals surface area contributed by atoms with Crippen molar-refractivity contribution >= 4 is 24.0 Å². The topological polar surface area (TPSA) is 40.6 Å². The van der Waals surface area contributed by atoms with Gasteiger partial charge in [-0.1, -0.05) is 12.1 Å². The molecular formula is C14H18N2O2S. The highest BCUT2D eigenvalue weighted by Crippen LogP contribution is 2.19. The molecule has 0 aromatic heterocycles. The predicted octanol–water partition coefficient (Wildman–Crippen LogP) is 1.37. The second-order valence-corrected chi connectivity index (χ2v) is 5.71. The van der Waals surface area contributed by atoms with Gasteiger partial charge in [0.15, 0.2) is 0 Å². The Hall–Kier alpha value is -1.33. The molecule has 1 aliphatic rings. The molecule has 2 rings (SSSR count). The Balaban J connectivity index is 1.84. The molecule has 0 bridgehead atoms. The number of amides is 1. The van der Waals surface area contributed by atoms with Crippen LogP contribution < -0.4 is 0 Å². The molecule has 0 atom stereocenters. The van der Waals surface area contributed by atoms with Crippen molar-refractivity contribution in [2.45, 2.75) is 4.90 Å². The standard InChI is InChI=1S/C14H18N2O2S/c1-15-5-7-16(8-6-15)14(18)11-19-13-4-2-3-12(9-13)10-17/h2-4,9-10H,5-8,11H2,1H3. The summed E-state index contributed by atoms with van der Waals surface area (Å²) in [6.07, 6.45) is 0.826. The van der Waals surface area contributed by atoms with E-state index in [0.717, 1.165) is 37.4 Å². The molecular weight excluding hydrogens is 260 g/mol. The van der Waals surface area contributed by atoms with Crippen molar-refractivity contribution in [3.05, 3.63) is 29.8 Å². The van der Waals surface area contributed by atoms with Crippen LogP contribution in [0, 0.1) is 0 Å². The van der Waals surface area contributed by atoms with E-state index >= 15 is 0 Å². The monoisotopic (exact) mass is 278 g/mol. The Morgan fingerprint density at radius 2 is 2.05 bits per heavy atom. The maximum atomic E-state index is 12.0. The highest BCUT2D eigenvalue weighted by molar-refractivity contribution is 8.00. The molecule has 1 aliphatic heterocycles. The van der Waals surface area contributed by atoms with E-state index in [1.807, 2.05) is 23.1 Å². The Morgan fingerprint density at radius 1 is 1.32 bits per heavy atom. The molecule has 1 aromatic carbocycles. The SMILES string of the molecule is CN1CCN(C(=O)CSc2cccc(C=O)c2)CC1. The maximum absolute atomic E-state index is 12.0. The van der Waals surface area contributed by atoms with Crippen LogP contribution in [-0.2, 0) is 4.79 Å². The number of thioether (sulfide) groups is 1. The fourth-order valence-corrected chi connectivity index (χ4v) is 2.84. The third-order valence-electron chi connectivity index (χ3n) is 3.21. The Kier molecular flexibility index (Phi) is 4.99. The molecule has 5 heteroatoms. The first kappa shape index (κ1) is 14.1. The first-order valence-electron chi connectivity index (χ1n) is 6.33. The van der Waals surface area contributed by atoms with E-state index in [1.54, 1.807) is 6.07 Å². The highest BCUT2D eigenvalue weighted by Gasteiger charge is 2.18. The molecule has 1 saturated heterocycles. The Labute approximate surface area is 117 Å². The second-order valence-electron chi connectivity index (χ2n) is 4.66. The molecule has 0 aliphatic carbocycles. The Bertz CT molecular complexity index is 457. The quantitative estimate of drug-likeness (QED) is 0.616. The Morgan fingerprint density at radius 3 is 2.74 bits per heavy atom. The van der Waals surface area contributed by atoms with E-state index in [2.05, 4.69) is 11.9 Å². The summed E-state index contributed by atoms with van der Waals surface area (Å²) in [5.41, 5.74) is 0.650. The summed E-state index contributed by atoms with van der Waals surface area (Å²) in [6, 6.07) is 7.34. The van der Waals surface area contributed by atoms with Gasteiger partial charge in [0.25, 0.3) is 0 Å². The number of rotatable bonds is 4. The minimum Gasteiger partial charge on any atom is -0.339 e. The lowest BCUT2D eigenvalue weighted by Gasteiger charge is -2.32. The van der Waals surface area contributed by atoms with E-state index in [-0.39, 0.29) is 5.91 Å². The average Bonchev–Trinajstić information content (AvgIpc) is 2.46. The third-order valence-corrected chi connectivity index (χ3v) is 4.19. The van der Waals surface area contributed by atoms with Crippen LogP contribution in [0.1, 0.15) is 10.4 Å². The largest absolute Gasteiger partial charge is 0.339 e. The van der Waals surface area contributed by atoms with Gasteiger partial charge in [0.1, 0.15) is 6.29 Å². The van der Waals surface area contributed by atoms with Crippen molar-refractivity contribution in [1.82, 2.24) is 9.80 Å². The number of hydrogen-bond donors (Lipinski definition) is 0. The average molecular weight is 278 g/mol. The maximum Gasteiger partial charge on any atom is 0.233 e. The lowest BCUT2D eigenvalue weighted by molar-refractivity contribution is -0.129. The van der Waals surface area contributed by atoms with Crippen molar-refractivity contribution in [2.75, 3.05) is 39.0 Å². The van der Waals surface area contributed by atoms with Gasteiger partial charge >= 0.3 is 0 Å². The van der Waals surface area contributed by atoms with Crippen molar-refractivity contribution in [3.63, 3.8) is 0 Å². The minimum absolute atomic E-state index is 0.176. The molecule has 0 saturated carbocycles. The molecule has 102 valence electrons. The predicted molar refractivity (Wildman–Crippen MR) is 76.6 cm³/mol. The molecule has 0 unspecified atom stereocenters. The normalized spacial score (nSPS) is 16.4. The van der Waals surface area contributed by atoms with E-state index in [9.17, 15) is 9.59 Å². The molecule has 1 heterocycles. The van der Waals surface area contributed by atoms with Crippen LogP contribution in [0.25, 0.3) is 0 Å². The zero-order valence-corrected chi connectivity index (χ0v) is 11.9. The molecule has 0 radical (unpaired) electrons. The number of hydrogen-bond acceptors (Lipinski definition) is 4. The van der Waals surface area contributed by atoms with Gasteiger partial charge in [0, 0.05) is 36.6 Å². The zero-order valence-electron chi connectivity index (χ0n) is 11.0. The molecule has 19 heavy (non-hydrogen) atoms. The van der Waals surface area contributed by atoms with Crippen LogP contribution in [0.15, 0.2) is 29.2 Å². The number of carbonyl (C=O) groups excluding carboxylic acids is 2. The summed E-state index contributed by atoms with van der Waals surface area (Å²) in [7, 11) is 2.07. The van der Waals surface area contributed by atoms with Crippen LogP contribution in [0.2, 0.25) is 0 Å². The first-order chi connectivity index (χ1) is 9.19. The van der Waals surface area contributed by atoms with Crippen molar-refractivity contribution < 1.29 is 9.59 Å². The van der Waals surface area contributed by atoms with Gasteiger partial charge in [0.05, 0.1) is 5.75 Å². The number of benzene rings is 1. The van der Waals surface area contributed by atoms with Crippen molar-refractivity contribution in [2.24, 2.45) is 0 Å². The number of likely N-dealkylation sites (N-methyl/N-ethyl adjacent to an activating group) is 1. The lowest BCUT2D eigenvalue weighted by atomic mass is 10.2. The molecule has 4 nitrogen and oxygen atoms in total. The van der Waals surface area contributed by atoms with Crippen molar-refractivity contribution in [3.8, 4) is 0 Å². The summed E-state index contributed by atoms with van der Waals surface area (Å²) in [6.45, 7) is 3.50. The number of aldehydes is 1. The summed E-state index contributed by atoms with van der Waals surface area (Å²) >= 11 is 1.49. The van der Waals surface area contributed by atoms with E-state index in [0.29, 0.717) is 11.3 Å². The number of carbonyl (C=O) groups is 2. The summed E-state index contributed by atoms with van der Waals surface area (Å²) in [5.74, 6) is 0.612. The summed E-state index contributed by atoms with van der Waals surface area (Å²) < 4.78 is 0. The number of nitrogens with zero attached hydrogens (tertiary/aromatic N) is 2. The molecule has 1 fully saturated rings.